The molecule has 0 radical (unpaired) electrons. The average Bonchev–Trinajstić information content (AvgIpc) is 2.90. The van der Waals surface area contributed by atoms with Gasteiger partial charge in [0.05, 0.1) is 24.8 Å². The smallest absolute Gasteiger partial charge is 0.241 e. The summed E-state index contributed by atoms with van der Waals surface area (Å²) in [5, 5.41) is 12.8. The molecule has 0 saturated heterocycles. The van der Waals surface area contributed by atoms with E-state index < -0.39 is 0 Å². The van der Waals surface area contributed by atoms with Gasteiger partial charge in [0.15, 0.2) is 11.5 Å². The van der Waals surface area contributed by atoms with Crippen molar-refractivity contribution < 1.29 is 14.0 Å². The van der Waals surface area contributed by atoms with Crippen LogP contribution in [-0.2, 0) is 6.42 Å². The minimum Gasteiger partial charge on any atom is -0.493 e. The van der Waals surface area contributed by atoms with Gasteiger partial charge in [0.2, 0.25) is 11.7 Å². The molecule has 0 aliphatic carbocycles. The second kappa shape index (κ2) is 6.26. The van der Waals surface area contributed by atoms with Gasteiger partial charge in [0.25, 0.3) is 0 Å². The van der Waals surface area contributed by atoms with Crippen LogP contribution in [0.15, 0.2) is 16.7 Å². The van der Waals surface area contributed by atoms with E-state index in [0.717, 1.165) is 0 Å². The molecule has 0 N–H and O–H groups in total. The molecule has 6 nitrogen and oxygen atoms in total. The van der Waals surface area contributed by atoms with Crippen LogP contribution in [0.2, 0.25) is 5.02 Å². The SMILES string of the molecule is CCOc1c(Cl)cc(-c2noc(CC#N)n2)cc1OC. The first-order valence-electron chi connectivity index (χ1n) is 5.89. The first kappa shape index (κ1) is 14.2. The summed E-state index contributed by atoms with van der Waals surface area (Å²) >= 11 is 6.17. The van der Waals surface area contributed by atoms with Crippen molar-refractivity contribution >= 4 is 11.6 Å². The van der Waals surface area contributed by atoms with Crippen molar-refractivity contribution in [3.05, 3.63) is 23.0 Å². The van der Waals surface area contributed by atoms with Crippen LogP contribution in [0, 0.1) is 11.3 Å². The molecule has 0 aliphatic heterocycles. The van der Waals surface area contributed by atoms with Crippen LogP contribution in [0.3, 0.4) is 0 Å². The molecule has 0 aliphatic rings. The summed E-state index contributed by atoms with van der Waals surface area (Å²) in [5.74, 6) is 1.56. The molecule has 1 heterocycles. The summed E-state index contributed by atoms with van der Waals surface area (Å²) in [6.07, 6.45) is 0.0644. The molecule has 0 amide bonds. The molecule has 2 aromatic rings. The second-order valence-electron chi connectivity index (χ2n) is 3.77. The highest BCUT2D eigenvalue weighted by Gasteiger charge is 2.16. The zero-order valence-corrected chi connectivity index (χ0v) is 11.8. The maximum Gasteiger partial charge on any atom is 0.241 e. The Bertz CT molecular complexity index is 649. The van der Waals surface area contributed by atoms with E-state index in [4.69, 9.17) is 30.9 Å². The van der Waals surface area contributed by atoms with Crippen LogP contribution >= 0.6 is 11.6 Å². The van der Waals surface area contributed by atoms with Gasteiger partial charge in [-0.2, -0.15) is 10.2 Å². The molecule has 0 bridgehead atoms. The van der Waals surface area contributed by atoms with Crippen LogP contribution in [0.1, 0.15) is 12.8 Å². The molecule has 7 heteroatoms. The predicted molar refractivity (Wildman–Crippen MR) is 71.8 cm³/mol. The average molecular weight is 294 g/mol. The lowest BCUT2D eigenvalue weighted by atomic mass is 10.2. The summed E-state index contributed by atoms with van der Waals surface area (Å²) in [5.41, 5.74) is 0.628. The fourth-order valence-corrected chi connectivity index (χ4v) is 1.91. The van der Waals surface area contributed by atoms with E-state index in [9.17, 15) is 0 Å². The minimum atomic E-state index is 0.0644. The molecular weight excluding hydrogens is 282 g/mol. The van der Waals surface area contributed by atoms with Gasteiger partial charge in [0, 0.05) is 5.56 Å². The number of aromatic nitrogens is 2. The van der Waals surface area contributed by atoms with E-state index in [0.29, 0.717) is 34.5 Å². The first-order chi connectivity index (χ1) is 9.69. The van der Waals surface area contributed by atoms with E-state index in [-0.39, 0.29) is 12.3 Å². The number of hydrogen-bond acceptors (Lipinski definition) is 6. The topological polar surface area (TPSA) is 81.2 Å². The Labute approximate surface area is 120 Å². The Morgan fingerprint density at radius 2 is 2.25 bits per heavy atom. The second-order valence-corrected chi connectivity index (χ2v) is 4.18. The van der Waals surface area contributed by atoms with E-state index in [1.165, 1.54) is 7.11 Å². The maximum absolute atomic E-state index is 8.59. The summed E-state index contributed by atoms with van der Waals surface area (Å²) in [6, 6.07) is 5.31. The molecule has 0 spiro atoms. The zero-order valence-electron chi connectivity index (χ0n) is 11.0. The van der Waals surface area contributed by atoms with Gasteiger partial charge in [-0.1, -0.05) is 16.8 Å². The van der Waals surface area contributed by atoms with Crippen molar-refractivity contribution in [2.45, 2.75) is 13.3 Å². The molecule has 2 rings (SSSR count). The number of benzene rings is 1. The molecule has 20 heavy (non-hydrogen) atoms. The van der Waals surface area contributed by atoms with E-state index in [1.54, 1.807) is 12.1 Å². The lowest BCUT2D eigenvalue weighted by Crippen LogP contribution is -1.97. The Kier molecular flexibility index (Phi) is 4.43. The van der Waals surface area contributed by atoms with Crippen LogP contribution in [-0.4, -0.2) is 23.9 Å². The standard InChI is InChI=1S/C13H12ClN3O3/c1-3-19-12-9(14)6-8(7-10(12)18-2)13-16-11(4-5-15)20-17-13/h6-7H,3-4H2,1-2H3. The van der Waals surface area contributed by atoms with Crippen LogP contribution in [0.25, 0.3) is 11.4 Å². The minimum absolute atomic E-state index is 0.0644. The number of methoxy groups -OCH3 is 1. The van der Waals surface area contributed by atoms with Crippen molar-refractivity contribution in [2.75, 3.05) is 13.7 Å². The van der Waals surface area contributed by atoms with Gasteiger partial charge in [0.1, 0.15) is 6.42 Å². The lowest BCUT2D eigenvalue weighted by Gasteiger charge is -2.11. The Balaban J connectivity index is 2.41. The van der Waals surface area contributed by atoms with E-state index >= 15 is 0 Å². The van der Waals surface area contributed by atoms with Crippen molar-refractivity contribution in [1.82, 2.24) is 10.1 Å². The normalized spacial score (nSPS) is 10.1. The van der Waals surface area contributed by atoms with Crippen molar-refractivity contribution in [3.63, 3.8) is 0 Å². The van der Waals surface area contributed by atoms with Crippen LogP contribution in [0.4, 0.5) is 0 Å². The van der Waals surface area contributed by atoms with Crippen LogP contribution in [0.5, 0.6) is 11.5 Å². The van der Waals surface area contributed by atoms with Gasteiger partial charge < -0.3 is 14.0 Å². The quantitative estimate of drug-likeness (QED) is 0.843. The molecular formula is C13H12ClN3O3. The number of hydrogen-bond donors (Lipinski definition) is 0. The van der Waals surface area contributed by atoms with E-state index in [2.05, 4.69) is 10.1 Å². The van der Waals surface area contributed by atoms with Crippen LogP contribution < -0.4 is 9.47 Å². The zero-order chi connectivity index (χ0) is 14.5. The third-order valence-corrected chi connectivity index (χ3v) is 2.76. The van der Waals surface area contributed by atoms with Gasteiger partial charge >= 0.3 is 0 Å². The van der Waals surface area contributed by atoms with E-state index in [1.807, 2.05) is 13.0 Å². The first-order valence-corrected chi connectivity index (χ1v) is 6.27. The lowest BCUT2D eigenvalue weighted by molar-refractivity contribution is 0.311. The third kappa shape index (κ3) is 2.83. The molecule has 0 saturated carbocycles. The largest absolute Gasteiger partial charge is 0.493 e. The Morgan fingerprint density at radius 3 is 2.90 bits per heavy atom. The summed E-state index contributed by atoms with van der Waals surface area (Å²) in [6.45, 7) is 2.33. The maximum atomic E-state index is 8.59. The summed E-state index contributed by atoms with van der Waals surface area (Å²) in [7, 11) is 1.52. The van der Waals surface area contributed by atoms with Crippen molar-refractivity contribution in [1.29, 1.82) is 5.26 Å². The fourth-order valence-electron chi connectivity index (χ4n) is 1.64. The number of nitrogens with zero attached hydrogens (tertiary/aromatic N) is 3. The Hall–Kier alpha value is -2.26. The van der Waals surface area contributed by atoms with Gasteiger partial charge in [-0.25, -0.2) is 0 Å². The van der Waals surface area contributed by atoms with Crippen molar-refractivity contribution in [2.24, 2.45) is 0 Å². The summed E-state index contributed by atoms with van der Waals surface area (Å²) < 4.78 is 15.6. The van der Waals surface area contributed by atoms with Gasteiger partial charge in [-0.15, -0.1) is 0 Å². The molecule has 0 atom stereocenters. The molecule has 104 valence electrons. The molecule has 0 unspecified atom stereocenters. The highest BCUT2D eigenvalue weighted by Crippen LogP contribution is 2.38. The van der Waals surface area contributed by atoms with Gasteiger partial charge in [-0.05, 0) is 19.1 Å². The number of halogens is 1. The monoisotopic (exact) mass is 293 g/mol. The molecule has 1 aromatic heterocycles. The number of nitriles is 1. The van der Waals surface area contributed by atoms with Gasteiger partial charge in [-0.3, -0.25) is 0 Å². The third-order valence-electron chi connectivity index (χ3n) is 2.47. The predicted octanol–water partition coefficient (Wildman–Crippen LogP) is 2.86. The number of rotatable bonds is 5. The number of ether oxygens (including phenoxy) is 2. The highest BCUT2D eigenvalue weighted by atomic mass is 35.5. The molecule has 1 aromatic carbocycles. The fraction of sp³-hybridized carbons (Fsp3) is 0.308. The van der Waals surface area contributed by atoms with Crippen molar-refractivity contribution in [3.8, 4) is 29.0 Å². The summed E-state index contributed by atoms with van der Waals surface area (Å²) in [4.78, 5) is 4.11. The Morgan fingerprint density at radius 1 is 1.45 bits per heavy atom. The highest BCUT2D eigenvalue weighted by molar-refractivity contribution is 6.32. The molecule has 0 fully saturated rings.